The Balaban J connectivity index is 1.29. The van der Waals surface area contributed by atoms with Gasteiger partial charge in [-0.15, -0.1) is 0 Å². The standard InChI is InChI=1S/C22H25N3O4/c1-15-12-25(13-16(2)28-15)14-18-7-5-17(6-8-18)11-23-22(26)19-10-21(29-24-19)20-4-3-9-27-20/h3-10,15-16H,11-14H2,1-2H3,(H,23,26). The number of nitrogens with one attached hydrogen (secondary N) is 1. The Morgan fingerprint density at radius 2 is 1.83 bits per heavy atom. The molecule has 7 nitrogen and oxygen atoms in total. The summed E-state index contributed by atoms with van der Waals surface area (Å²) in [5, 5.41) is 6.68. The number of carbonyl (C=O) groups is 1. The highest BCUT2D eigenvalue weighted by molar-refractivity contribution is 5.92. The first-order valence-electron chi connectivity index (χ1n) is 9.81. The number of nitrogens with zero attached hydrogens (tertiary/aromatic N) is 2. The third-order valence-electron chi connectivity index (χ3n) is 4.88. The molecule has 0 aliphatic carbocycles. The Kier molecular flexibility index (Phi) is 5.78. The molecule has 29 heavy (non-hydrogen) atoms. The van der Waals surface area contributed by atoms with Gasteiger partial charge < -0.3 is 19.0 Å². The molecule has 0 radical (unpaired) electrons. The second kappa shape index (κ2) is 8.63. The Morgan fingerprint density at radius 3 is 2.52 bits per heavy atom. The van der Waals surface area contributed by atoms with Gasteiger partial charge in [0.1, 0.15) is 0 Å². The lowest BCUT2D eigenvalue weighted by Crippen LogP contribution is -2.44. The van der Waals surface area contributed by atoms with Crippen molar-refractivity contribution in [2.75, 3.05) is 13.1 Å². The molecule has 1 saturated heterocycles. The van der Waals surface area contributed by atoms with E-state index in [1.807, 2.05) is 12.1 Å². The van der Waals surface area contributed by atoms with Gasteiger partial charge in [0.2, 0.25) is 5.76 Å². The third-order valence-corrected chi connectivity index (χ3v) is 4.88. The smallest absolute Gasteiger partial charge is 0.273 e. The van der Waals surface area contributed by atoms with Crippen LogP contribution < -0.4 is 5.32 Å². The van der Waals surface area contributed by atoms with Crippen LogP contribution in [0.4, 0.5) is 0 Å². The van der Waals surface area contributed by atoms with Crippen molar-refractivity contribution in [3.63, 3.8) is 0 Å². The number of hydrogen-bond donors (Lipinski definition) is 1. The Hall–Kier alpha value is -2.90. The second-order valence-corrected chi connectivity index (χ2v) is 7.50. The van der Waals surface area contributed by atoms with E-state index < -0.39 is 0 Å². The van der Waals surface area contributed by atoms with Gasteiger partial charge in [0.15, 0.2) is 11.5 Å². The van der Waals surface area contributed by atoms with Crippen LogP contribution >= 0.6 is 0 Å². The predicted molar refractivity (Wildman–Crippen MR) is 107 cm³/mol. The van der Waals surface area contributed by atoms with E-state index in [4.69, 9.17) is 13.7 Å². The summed E-state index contributed by atoms with van der Waals surface area (Å²) in [6, 6.07) is 13.4. The molecule has 7 heteroatoms. The van der Waals surface area contributed by atoms with Crippen LogP contribution in [0.2, 0.25) is 0 Å². The van der Waals surface area contributed by atoms with Crippen LogP contribution in [0.15, 0.2) is 57.7 Å². The van der Waals surface area contributed by atoms with Crippen molar-refractivity contribution < 1.29 is 18.5 Å². The summed E-state index contributed by atoms with van der Waals surface area (Å²) in [6.45, 7) is 7.44. The van der Waals surface area contributed by atoms with Crippen LogP contribution in [0.25, 0.3) is 11.5 Å². The number of ether oxygens (including phenoxy) is 1. The summed E-state index contributed by atoms with van der Waals surface area (Å²) < 4.78 is 16.2. The average molecular weight is 395 g/mol. The van der Waals surface area contributed by atoms with E-state index in [0.717, 1.165) is 25.2 Å². The zero-order chi connectivity index (χ0) is 20.2. The minimum Gasteiger partial charge on any atom is -0.461 e. The number of hydrogen-bond acceptors (Lipinski definition) is 6. The fraction of sp³-hybridized carbons (Fsp3) is 0.364. The molecular formula is C22H25N3O4. The van der Waals surface area contributed by atoms with Gasteiger partial charge in [0.05, 0.1) is 18.5 Å². The van der Waals surface area contributed by atoms with E-state index in [1.165, 1.54) is 5.56 Å². The first-order chi connectivity index (χ1) is 14.1. The SMILES string of the molecule is CC1CN(Cc2ccc(CNC(=O)c3cc(-c4ccco4)on3)cc2)CC(C)O1. The zero-order valence-corrected chi connectivity index (χ0v) is 16.6. The van der Waals surface area contributed by atoms with Gasteiger partial charge in [-0.1, -0.05) is 29.4 Å². The summed E-state index contributed by atoms with van der Waals surface area (Å²) in [5.41, 5.74) is 2.50. The number of aromatic nitrogens is 1. The average Bonchev–Trinajstić information content (AvgIpc) is 3.38. The van der Waals surface area contributed by atoms with Crippen molar-refractivity contribution in [1.29, 1.82) is 0 Å². The molecule has 1 N–H and O–H groups in total. The lowest BCUT2D eigenvalue weighted by atomic mass is 10.1. The summed E-state index contributed by atoms with van der Waals surface area (Å²) in [7, 11) is 0. The molecular weight excluding hydrogens is 370 g/mol. The van der Waals surface area contributed by atoms with E-state index in [9.17, 15) is 4.79 Å². The number of carbonyl (C=O) groups excluding carboxylic acids is 1. The van der Waals surface area contributed by atoms with Gasteiger partial charge in [0.25, 0.3) is 5.91 Å². The second-order valence-electron chi connectivity index (χ2n) is 7.50. The van der Waals surface area contributed by atoms with E-state index in [0.29, 0.717) is 18.1 Å². The Morgan fingerprint density at radius 1 is 1.10 bits per heavy atom. The number of rotatable bonds is 6. The first kappa shape index (κ1) is 19.4. The molecule has 1 aromatic carbocycles. The lowest BCUT2D eigenvalue weighted by Gasteiger charge is -2.35. The maximum Gasteiger partial charge on any atom is 0.273 e. The summed E-state index contributed by atoms with van der Waals surface area (Å²) in [6.07, 6.45) is 2.07. The summed E-state index contributed by atoms with van der Waals surface area (Å²) in [4.78, 5) is 14.7. The van der Waals surface area contributed by atoms with E-state index >= 15 is 0 Å². The van der Waals surface area contributed by atoms with Crippen LogP contribution in [0.5, 0.6) is 0 Å². The number of benzene rings is 1. The molecule has 1 aliphatic rings. The molecule has 2 unspecified atom stereocenters. The maximum atomic E-state index is 12.3. The van der Waals surface area contributed by atoms with Crippen molar-refractivity contribution in [2.45, 2.75) is 39.1 Å². The minimum atomic E-state index is -0.285. The van der Waals surface area contributed by atoms with E-state index in [2.05, 4.69) is 41.4 Å². The van der Waals surface area contributed by atoms with Crippen LogP contribution in [0, 0.1) is 0 Å². The van der Waals surface area contributed by atoms with Crippen molar-refractivity contribution in [2.24, 2.45) is 0 Å². The normalized spacial score (nSPS) is 19.9. The molecule has 3 heterocycles. The zero-order valence-electron chi connectivity index (χ0n) is 16.6. The first-order valence-corrected chi connectivity index (χ1v) is 9.81. The Bertz CT molecular complexity index is 923. The number of amides is 1. The van der Waals surface area contributed by atoms with Gasteiger partial charge in [-0.05, 0) is 37.1 Å². The highest BCUT2D eigenvalue weighted by Gasteiger charge is 2.22. The van der Waals surface area contributed by atoms with Gasteiger partial charge in [-0.3, -0.25) is 9.69 Å². The van der Waals surface area contributed by atoms with Crippen molar-refractivity contribution in [1.82, 2.24) is 15.4 Å². The van der Waals surface area contributed by atoms with Gasteiger partial charge >= 0.3 is 0 Å². The lowest BCUT2D eigenvalue weighted by molar-refractivity contribution is -0.0704. The molecule has 1 fully saturated rings. The topological polar surface area (TPSA) is 80.7 Å². The van der Waals surface area contributed by atoms with Crippen LogP contribution in [-0.4, -0.2) is 41.3 Å². The van der Waals surface area contributed by atoms with Gasteiger partial charge in [0, 0.05) is 32.2 Å². The Labute approximate surface area is 169 Å². The summed E-state index contributed by atoms with van der Waals surface area (Å²) in [5.74, 6) is 0.680. The highest BCUT2D eigenvalue weighted by atomic mass is 16.5. The quantitative estimate of drug-likeness (QED) is 0.688. The maximum absolute atomic E-state index is 12.3. The minimum absolute atomic E-state index is 0.226. The van der Waals surface area contributed by atoms with Crippen LogP contribution in [0.1, 0.15) is 35.5 Å². The van der Waals surface area contributed by atoms with Gasteiger partial charge in [-0.25, -0.2) is 0 Å². The molecule has 1 aliphatic heterocycles. The van der Waals surface area contributed by atoms with Crippen LogP contribution in [-0.2, 0) is 17.8 Å². The predicted octanol–water partition coefficient (Wildman–Crippen LogP) is 3.47. The third kappa shape index (κ3) is 4.93. The fourth-order valence-corrected chi connectivity index (χ4v) is 3.62. The summed E-state index contributed by atoms with van der Waals surface area (Å²) >= 11 is 0. The van der Waals surface area contributed by atoms with Crippen molar-refractivity contribution >= 4 is 5.91 Å². The molecule has 1 amide bonds. The number of morpholine rings is 1. The molecule has 0 saturated carbocycles. The molecule has 4 rings (SSSR count). The van der Waals surface area contributed by atoms with Crippen molar-refractivity contribution in [3.8, 4) is 11.5 Å². The largest absolute Gasteiger partial charge is 0.461 e. The van der Waals surface area contributed by atoms with Gasteiger partial charge in [-0.2, -0.15) is 0 Å². The molecule has 2 aromatic heterocycles. The molecule has 3 aromatic rings. The highest BCUT2D eigenvalue weighted by Crippen LogP contribution is 2.20. The molecule has 0 spiro atoms. The molecule has 2 atom stereocenters. The van der Waals surface area contributed by atoms with Crippen LogP contribution in [0.3, 0.4) is 0 Å². The van der Waals surface area contributed by atoms with E-state index in [1.54, 1.807) is 24.5 Å². The fourth-order valence-electron chi connectivity index (χ4n) is 3.62. The molecule has 0 bridgehead atoms. The number of furan rings is 1. The van der Waals surface area contributed by atoms with Crippen molar-refractivity contribution in [3.05, 3.63) is 65.5 Å². The van der Waals surface area contributed by atoms with E-state index in [-0.39, 0.29) is 23.8 Å². The molecule has 152 valence electrons. The monoisotopic (exact) mass is 395 g/mol.